The first kappa shape index (κ1) is 18.7. The number of aliphatic hydroxyl groups is 1. The van der Waals surface area contributed by atoms with Crippen LogP contribution in [0.15, 0.2) is 42.6 Å². The number of benzene rings is 1. The van der Waals surface area contributed by atoms with Crippen molar-refractivity contribution in [1.82, 2.24) is 14.6 Å². The van der Waals surface area contributed by atoms with Gasteiger partial charge in [0.15, 0.2) is 5.65 Å². The van der Waals surface area contributed by atoms with Crippen LogP contribution in [0.4, 0.5) is 19.0 Å². The molecule has 148 valence electrons. The summed E-state index contributed by atoms with van der Waals surface area (Å²) in [6.07, 6.45) is -1.46. The third kappa shape index (κ3) is 3.81. The number of nitrogens with zero attached hydrogens (tertiary/aromatic N) is 3. The average molecular weight is 392 g/mol. The van der Waals surface area contributed by atoms with E-state index >= 15 is 0 Å². The third-order valence-corrected chi connectivity index (χ3v) is 4.77. The molecule has 6 nitrogen and oxygen atoms in total. The van der Waals surface area contributed by atoms with E-state index < -0.39 is 11.7 Å². The quantitative estimate of drug-likeness (QED) is 0.712. The van der Waals surface area contributed by atoms with Crippen LogP contribution in [0.3, 0.4) is 0 Å². The Balaban J connectivity index is 1.60. The van der Waals surface area contributed by atoms with Crippen LogP contribution >= 0.6 is 0 Å². The maximum absolute atomic E-state index is 13.0. The number of alkyl halides is 3. The highest BCUT2D eigenvalue weighted by molar-refractivity contribution is 5.64. The highest BCUT2D eigenvalue weighted by atomic mass is 19.4. The summed E-state index contributed by atoms with van der Waals surface area (Å²) in [5, 5.41) is 16.9. The molecular weight excluding hydrogens is 373 g/mol. The van der Waals surface area contributed by atoms with Crippen LogP contribution in [0.25, 0.3) is 16.9 Å². The molecular formula is C19H19F3N4O2. The van der Waals surface area contributed by atoms with Crippen LogP contribution in [-0.4, -0.2) is 45.1 Å². The van der Waals surface area contributed by atoms with Crippen molar-refractivity contribution < 1.29 is 23.0 Å². The molecule has 1 aliphatic rings. The van der Waals surface area contributed by atoms with Crippen LogP contribution in [-0.2, 0) is 10.9 Å². The molecule has 4 rings (SSSR count). The molecule has 2 atom stereocenters. The first-order valence-corrected chi connectivity index (χ1v) is 8.95. The Labute approximate surface area is 159 Å². The number of rotatable bonds is 4. The normalized spacial score (nSPS) is 20.4. The van der Waals surface area contributed by atoms with Gasteiger partial charge < -0.3 is 15.2 Å². The maximum atomic E-state index is 13.0. The second kappa shape index (κ2) is 7.40. The summed E-state index contributed by atoms with van der Waals surface area (Å²) < 4.78 is 46.2. The van der Waals surface area contributed by atoms with E-state index in [1.165, 1.54) is 16.8 Å². The van der Waals surface area contributed by atoms with E-state index in [1.807, 2.05) is 0 Å². The molecule has 9 heteroatoms. The number of halogens is 3. The molecule has 0 spiro atoms. The minimum atomic E-state index is -4.41. The molecule has 0 unspecified atom stereocenters. The Bertz CT molecular complexity index is 965. The topological polar surface area (TPSA) is 71.7 Å². The van der Waals surface area contributed by atoms with E-state index in [0.717, 1.165) is 25.0 Å². The van der Waals surface area contributed by atoms with Gasteiger partial charge in [0.2, 0.25) is 0 Å². The Morgan fingerprint density at radius 2 is 2.07 bits per heavy atom. The van der Waals surface area contributed by atoms with Crippen LogP contribution in [0, 0.1) is 0 Å². The smallest absolute Gasteiger partial charge is 0.394 e. The number of aromatic nitrogens is 3. The second-order valence-electron chi connectivity index (χ2n) is 6.77. The Morgan fingerprint density at radius 3 is 2.79 bits per heavy atom. The van der Waals surface area contributed by atoms with Crippen molar-refractivity contribution in [1.29, 1.82) is 0 Å². The highest BCUT2D eigenvalue weighted by Crippen LogP contribution is 2.32. The first-order chi connectivity index (χ1) is 13.4. The van der Waals surface area contributed by atoms with Crippen molar-refractivity contribution in [3.05, 3.63) is 48.2 Å². The number of hydrogen-bond acceptors (Lipinski definition) is 5. The predicted molar refractivity (Wildman–Crippen MR) is 96.9 cm³/mol. The van der Waals surface area contributed by atoms with Crippen molar-refractivity contribution in [2.75, 3.05) is 18.5 Å². The van der Waals surface area contributed by atoms with E-state index in [9.17, 15) is 13.2 Å². The molecule has 1 saturated heterocycles. The van der Waals surface area contributed by atoms with Crippen LogP contribution in [0.1, 0.15) is 18.4 Å². The molecule has 1 aliphatic heterocycles. The Kier molecular flexibility index (Phi) is 4.94. The molecule has 0 radical (unpaired) electrons. The lowest BCUT2D eigenvalue weighted by Crippen LogP contribution is -2.36. The fourth-order valence-corrected chi connectivity index (χ4v) is 3.27. The van der Waals surface area contributed by atoms with Crippen molar-refractivity contribution in [2.24, 2.45) is 0 Å². The van der Waals surface area contributed by atoms with Gasteiger partial charge in [-0.2, -0.15) is 13.2 Å². The Hall–Kier alpha value is -2.65. The maximum Gasteiger partial charge on any atom is 0.416 e. The zero-order valence-electron chi connectivity index (χ0n) is 14.9. The molecule has 0 amide bonds. The standard InChI is InChI=1S/C19H19F3N4O2/c20-19(21,22)13-3-1-2-12(8-13)16-9-23-18-7-6-17(25-26(16)18)24-14-4-5-15(10-27)28-11-14/h1-3,6-9,14-15,27H,4-5,10-11H2,(H,24,25)/t14-,15+/m1/s1. The largest absolute Gasteiger partial charge is 0.416 e. The molecule has 0 bridgehead atoms. The van der Waals surface area contributed by atoms with Gasteiger partial charge in [-0.25, -0.2) is 9.50 Å². The van der Waals surface area contributed by atoms with E-state index in [0.29, 0.717) is 29.3 Å². The molecule has 2 aromatic heterocycles. The number of anilines is 1. The van der Waals surface area contributed by atoms with Crippen LogP contribution in [0.2, 0.25) is 0 Å². The zero-order chi connectivity index (χ0) is 19.7. The molecule has 0 saturated carbocycles. The number of nitrogens with one attached hydrogen (secondary N) is 1. The number of aliphatic hydroxyl groups excluding tert-OH is 1. The van der Waals surface area contributed by atoms with Gasteiger partial charge in [-0.1, -0.05) is 12.1 Å². The van der Waals surface area contributed by atoms with Crippen molar-refractivity contribution >= 4 is 11.5 Å². The number of ether oxygens (including phenoxy) is 1. The van der Waals surface area contributed by atoms with Gasteiger partial charge in [-0.05, 0) is 37.1 Å². The average Bonchev–Trinajstić information content (AvgIpc) is 3.11. The summed E-state index contributed by atoms with van der Waals surface area (Å²) in [4.78, 5) is 4.23. The number of imidazole rings is 1. The lowest BCUT2D eigenvalue weighted by Gasteiger charge is -2.28. The molecule has 1 fully saturated rings. The van der Waals surface area contributed by atoms with Gasteiger partial charge in [0.1, 0.15) is 5.82 Å². The van der Waals surface area contributed by atoms with E-state index in [2.05, 4.69) is 15.4 Å². The zero-order valence-corrected chi connectivity index (χ0v) is 14.9. The van der Waals surface area contributed by atoms with Gasteiger partial charge in [-0.15, -0.1) is 5.10 Å². The second-order valence-corrected chi connectivity index (χ2v) is 6.77. The molecule has 3 heterocycles. The van der Waals surface area contributed by atoms with Gasteiger partial charge in [0.05, 0.1) is 42.8 Å². The SMILES string of the molecule is OC[C@@H]1CC[C@@H](Nc2ccc3ncc(-c4cccc(C(F)(F)F)c4)n3n2)CO1. The van der Waals surface area contributed by atoms with Gasteiger partial charge in [0, 0.05) is 5.56 Å². The molecule has 3 aromatic rings. The number of fused-ring (bicyclic) bond motifs is 1. The number of hydrogen-bond donors (Lipinski definition) is 2. The van der Waals surface area contributed by atoms with E-state index in [-0.39, 0.29) is 18.8 Å². The summed E-state index contributed by atoms with van der Waals surface area (Å²) in [7, 11) is 0. The van der Waals surface area contributed by atoms with Crippen molar-refractivity contribution in [3.63, 3.8) is 0 Å². The molecule has 0 aliphatic carbocycles. The van der Waals surface area contributed by atoms with Crippen LogP contribution < -0.4 is 5.32 Å². The monoisotopic (exact) mass is 392 g/mol. The van der Waals surface area contributed by atoms with Crippen LogP contribution in [0.5, 0.6) is 0 Å². The van der Waals surface area contributed by atoms with Gasteiger partial charge in [-0.3, -0.25) is 0 Å². The first-order valence-electron chi connectivity index (χ1n) is 8.95. The third-order valence-electron chi connectivity index (χ3n) is 4.77. The summed E-state index contributed by atoms with van der Waals surface area (Å²) in [5.74, 6) is 0.578. The molecule has 2 N–H and O–H groups in total. The minimum absolute atomic E-state index is 0.00627. The summed E-state index contributed by atoms with van der Waals surface area (Å²) >= 11 is 0. The molecule has 1 aromatic carbocycles. The van der Waals surface area contributed by atoms with Crippen molar-refractivity contribution in [3.8, 4) is 11.3 Å². The van der Waals surface area contributed by atoms with E-state index in [4.69, 9.17) is 9.84 Å². The lowest BCUT2D eigenvalue weighted by molar-refractivity contribution is -0.137. The van der Waals surface area contributed by atoms with Gasteiger partial charge >= 0.3 is 6.18 Å². The van der Waals surface area contributed by atoms with E-state index in [1.54, 1.807) is 18.2 Å². The summed E-state index contributed by atoms with van der Waals surface area (Å²) in [6, 6.07) is 8.68. The fraction of sp³-hybridized carbons (Fsp3) is 0.368. The Morgan fingerprint density at radius 1 is 1.21 bits per heavy atom. The minimum Gasteiger partial charge on any atom is -0.394 e. The molecule has 28 heavy (non-hydrogen) atoms. The van der Waals surface area contributed by atoms with Crippen molar-refractivity contribution in [2.45, 2.75) is 31.2 Å². The fourth-order valence-electron chi connectivity index (χ4n) is 3.27. The lowest BCUT2D eigenvalue weighted by atomic mass is 10.1. The highest BCUT2D eigenvalue weighted by Gasteiger charge is 2.30. The summed E-state index contributed by atoms with van der Waals surface area (Å²) in [5.41, 5.74) is 0.689. The van der Waals surface area contributed by atoms with Gasteiger partial charge in [0.25, 0.3) is 0 Å². The predicted octanol–water partition coefficient (Wildman–Crippen LogP) is 3.37. The summed E-state index contributed by atoms with van der Waals surface area (Å²) in [6.45, 7) is 0.460.